The van der Waals surface area contributed by atoms with Crippen LogP contribution in [0.2, 0.25) is 0 Å². The average Bonchev–Trinajstić information content (AvgIpc) is 3.26. The Morgan fingerprint density at radius 2 is 0.839 bits per heavy atom. The summed E-state index contributed by atoms with van der Waals surface area (Å²) in [5, 5.41) is 23.7. The summed E-state index contributed by atoms with van der Waals surface area (Å²) < 4.78 is 5.82. The van der Waals surface area contributed by atoms with Crippen LogP contribution in [0, 0.1) is 0 Å². The highest BCUT2D eigenvalue weighted by Gasteiger charge is 2.23. The summed E-state index contributed by atoms with van der Waals surface area (Å²) in [5.41, 5.74) is 0. The number of carbonyl (C=O) groups is 2. The van der Waals surface area contributed by atoms with Gasteiger partial charge in [-0.1, -0.05) is 248 Å². The smallest absolute Gasteiger partial charge is 0.306 e. The van der Waals surface area contributed by atoms with Gasteiger partial charge in [-0.05, 0) is 57.4 Å². The summed E-state index contributed by atoms with van der Waals surface area (Å²) in [6.45, 7) is 6.33. The Balaban J connectivity index is 4.75. The molecular weight excluding hydrogens is 767 g/mol. The molecule has 0 rings (SSSR count). The third-order valence-electron chi connectivity index (χ3n) is 11.5. The summed E-state index contributed by atoms with van der Waals surface area (Å²) in [7, 11) is 0. The molecule has 6 nitrogen and oxygen atoms in total. The third-order valence-corrected chi connectivity index (χ3v) is 11.5. The molecule has 0 aromatic carbocycles. The first kappa shape index (κ1) is 59.3. The monoisotopic (exact) mass is 866 g/mol. The number of allylic oxidation sites excluding steroid dienone is 11. The highest BCUT2D eigenvalue weighted by Crippen LogP contribution is 2.16. The molecule has 0 bridgehead atoms. The van der Waals surface area contributed by atoms with Gasteiger partial charge in [0.2, 0.25) is 5.91 Å². The van der Waals surface area contributed by atoms with Gasteiger partial charge in [-0.15, -0.1) is 0 Å². The van der Waals surface area contributed by atoms with E-state index in [1.54, 1.807) is 6.08 Å². The van der Waals surface area contributed by atoms with Crippen LogP contribution in [0.3, 0.4) is 0 Å². The molecule has 3 N–H and O–H groups in total. The fraction of sp³-hybridized carbons (Fsp3) is 0.750. The van der Waals surface area contributed by atoms with Crippen LogP contribution in [0.4, 0.5) is 0 Å². The molecule has 0 aromatic heterocycles. The van der Waals surface area contributed by atoms with Gasteiger partial charge >= 0.3 is 5.97 Å². The van der Waals surface area contributed by atoms with E-state index in [1.807, 2.05) is 6.08 Å². The normalized spacial score (nSPS) is 13.8. The molecule has 0 heterocycles. The molecule has 0 fully saturated rings. The van der Waals surface area contributed by atoms with E-state index in [-0.39, 0.29) is 24.9 Å². The van der Waals surface area contributed by atoms with Crippen molar-refractivity contribution in [3.8, 4) is 0 Å². The Labute approximate surface area is 383 Å². The minimum absolute atomic E-state index is 0.0472. The van der Waals surface area contributed by atoms with Gasteiger partial charge in [-0.2, -0.15) is 0 Å². The zero-order valence-electron chi connectivity index (χ0n) is 40.7. The molecular formula is C56H99NO5. The lowest BCUT2D eigenvalue weighted by atomic mass is 10.0. The maximum absolute atomic E-state index is 13.2. The van der Waals surface area contributed by atoms with Gasteiger partial charge in [0.15, 0.2) is 0 Å². The van der Waals surface area contributed by atoms with Gasteiger partial charge in [-0.25, -0.2) is 0 Å². The zero-order chi connectivity index (χ0) is 45.2. The topological polar surface area (TPSA) is 95.9 Å². The second-order valence-corrected chi connectivity index (χ2v) is 17.6. The number of amides is 1. The number of aliphatic hydroxyl groups is 2. The van der Waals surface area contributed by atoms with Crippen molar-refractivity contribution in [1.82, 2.24) is 5.32 Å². The van der Waals surface area contributed by atoms with Crippen molar-refractivity contribution >= 4 is 11.9 Å². The van der Waals surface area contributed by atoms with Gasteiger partial charge in [-0.3, -0.25) is 9.59 Å². The molecule has 3 atom stereocenters. The Bertz CT molecular complexity index is 1150. The molecule has 6 heteroatoms. The van der Waals surface area contributed by atoms with Crippen molar-refractivity contribution in [2.24, 2.45) is 0 Å². The number of unbranched alkanes of at least 4 members (excludes halogenated alkanes) is 24. The molecule has 0 aliphatic carbocycles. The van der Waals surface area contributed by atoms with E-state index in [9.17, 15) is 19.8 Å². The largest absolute Gasteiger partial charge is 0.458 e. The maximum atomic E-state index is 13.2. The van der Waals surface area contributed by atoms with E-state index in [4.69, 9.17) is 4.74 Å². The van der Waals surface area contributed by atoms with E-state index >= 15 is 0 Å². The van der Waals surface area contributed by atoms with E-state index in [0.29, 0.717) is 19.3 Å². The average molecular weight is 866 g/mol. The quantitative estimate of drug-likeness (QED) is 0.0322. The standard InChI is InChI=1S/C56H99NO5/c1-4-7-10-13-16-19-22-25-27-28-29-30-32-35-38-41-44-47-52(62-56(61)49-46-43-40-37-34-24-21-18-15-12-9-6-3)50-55(60)57-53(51-58)54(59)48-45-42-39-36-33-31-26-23-20-17-14-11-8-5-2/h7,10,16,19,25,27,29-30,35,38,44,47,52-54,58-59H,4-6,8-9,11-15,17-18,20-24,26,28,31-34,36-37,39-43,45-46,48-51H2,1-3H3,(H,57,60)/b10-7-,19-16-,27-25-,30-29-,38-35-,47-44-. The fourth-order valence-corrected chi connectivity index (χ4v) is 7.60. The van der Waals surface area contributed by atoms with Crippen molar-refractivity contribution in [3.63, 3.8) is 0 Å². The predicted molar refractivity (Wildman–Crippen MR) is 268 cm³/mol. The molecule has 1 amide bonds. The van der Waals surface area contributed by atoms with E-state index < -0.39 is 18.2 Å². The van der Waals surface area contributed by atoms with E-state index in [1.165, 1.54) is 128 Å². The molecule has 0 saturated heterocycles. The van der Waals surface area contributed by atoms with Crippen molar-refractivity contribution in [3.05, 3.63) is 72.9 Å². The summed E-state index contributed by atoms with van der Waals surface area (Å²) in [6.07, 6.45) is 62.8. The lowest BCUT2D eigenvalue weighted by molar-refractivity contribution is -0.148. The van der Waals surface area contributed by atoms with Crippen molar-refractivity contribution < 1.29 is 24.5 Å². The molecule has 62 heavy (non-hydrogen) atoms. The lowest BCUT2D eigenvalue weighted by Crippen LogP contribution is -2.46. The Morgan fingerprint density at radius 1 is 0.484 bits per heavy atom. The fourth-order valence-electron chi connectivity index (χ4n) is 7.60. The maximum Gasteiger partial charge on any atom is 0.306 e. The number of ether oxygens (including phenoxy) is 1. The third kappa shape index (κ3) is 43.9. The highest BCUT2D eigenvalue weighted by atomic mass is 16.5. The summed E-state index contributed by atoms with van der Waals surface area (Å²) in [6, 6.07) is -0.743. The Morgan fingerprint density at radius 3 is 1.23 bits per heavy atom. The highest BCUT2D eigenvalue weighted by molar-refractivity contribution is 5.78. The second-order valence-electron chi connectivity index (χ2n) is 17.6. The number of carbonyl (C=O) groups excluding carboxylic acids is 2. The molecule has 358 valence electrons. The van der Waals surface area contributed by atoms with Gasteiger partial charge in [0, 0.05) is 6.42 Å². The summed E-state index contributed by atoms with van der Waals surface area (Å²) >= 11 is 0. The molecule has 0 radical (unpaired) electrons. The number of rotatable bonds is 46. The van der Waals surface area contributed by atoms with Crippen LogP contribution in [0.25, 0.3) is 0 Å². The van der Waals surface area contributed by atoms with Crippen LogP contribution in [-0.4, -0.2) is 46.9 Å². The summed E-state index contributed by atoms with van der Waals surface area (Å²) in [4.78, 5) is 26.1. The van der Waals surface area contributed by atoms with Crippen molar-refractivity contribution in [2.75, 3.05) is 6.61 Å². The van der Waals surface area contributed by atoms with Crippen LogP contribution in [-0.2, 0) is 14.3 Å². The number of aliphatic hydroxyl groups excluding tert-OH is 2. The van der Waals surface area contributed by atoms with Gasteiger partial charge in [0.25, 0.3) is 0 Å². The number of hydrogen-bond acceptors (Lipinski definition) is 5. The SMILES string of the molecule is CC/C=C\C/C=C\C/C=C\C/C=C\C/C=C\C/C=C\C(CC(=O)NC(CO)C(O)CCCCCCCCCCCCCCCC)OC(=O)CCCCCCCCCCCCCC. The predicted octanol–water partition coefficient (Wildman–Crippen LogP) is 15.8. The van der Waals surface area contributed by atoms with Crippen molar-refractivity contribution in [1.29, 1.82) is 0 Å². The molecule has 3 unspecified atom stereocenters. The number of esters is 1. The molecule has 0 aliphatic heterocycles. The summed E-state index contributed by atoms with van der Waals surface area (Å²) in [5.74, 6) is -0.627. The van der Waals surface area contributed by atoms with E-state index in [0.717, 1.165) is 70.6 Å². The van der Waals surface area contributed by atoms with Crippen LogP contribution in [0.15, 0.2) is 72.9 Å². The molecule has 0 saturated carbocycles. The van der Waals surface area contributed by atoms with E-state index in [2.05, 4.69) is 86.8 Å². The molecule has 0 aromatic rings. The minimum Gasteiger partial charge on any atom is -0.458 e. The van der Waals surface area contributed by atoms with Crippen LogP contribution in [0.1, 0.15) is 245 Å². The number of nitrogens with one attached hydrogen (secondary N) is 1. The minimum atomic E-state index is -0.820. The van der Waals surface area contributed by atoms with Gasteiger partial charge < -0.3 is 20.3 Å². The first-order valence-corrected chi connectivity index (χ1v) is 26.2. The Hall–Kier alpha value is -2.70. The lowest BCUT2D eigenvalue weighted by Gasteiger charge is -2.23. The first-order chi connectivity index (χ1) is 30.5. The zero-order valence-corrected chi connectivity index (χ0v) is 40.7. The first-order valence-electron chi connectivity index (χ1n) is 26.2. The van der Waals surface area contributed by atoms with Gasteiger partial charge in [0.05, 0.1) is 25.2 Å². The number of hydrogen-bond donors (Lipinski definition) is 3. The molecule has 0 aliphatic rings. The van der Waals surface area contributed by atoms with Crippen molar-refractivity contribution in [2.45, 2.75) is 264 Å². The molecule has 0 spiro atoms. The second kappa shape index (κ2) is 49.3. The van der Waals surface area contributed by atoms with Crippen LogP contribution in [0.5, 0.6) is 0 Å². The van der Waals surface area contributed by atoms with Crippen LogP contribution < -0.4 is 5.32 Å². The Kier molecular flexibility index (Phi) is 47.2. The van der Waals surface area contributed by atoms with Crippen LogP contribution >= 0.6 is 0 Å². The van der Waals surface area contributed by atoms with Gasteiger partial charge in [0.1, 0.15) is 6.10 Å².